The van der Waals surface area contributed by atoms with E-state index in [2.05, 4.69) is 85.8 Å². The molecule has 0 bridgehead atoms. The van der Waals surface area contributed by atoms with Gasteiger partial charge in [-0.3, -0.25) is 0 Å². The van der Waals surface area contributed by atoms with Crippen molar-refractivity contribution in [3.8, 4) is 0 Å². The van der Waals surface area contributed by atoms with Crippen LogP contribution in [-0.2, 0) is 0 Å². The van der Waals surface area contributed by atoms with Gasteiger partial charge in [0.2, 0.25) is 0 Å². The van der Waals surface area contributed by atoms with Gasteiger partial charge in [0.05, 0.1) is 0 Å². The van der Waals surface area contributed by atoms with Crippen LogP contribution in [0.25, 0.3) is 0 Å². The van der Waals surface area contributed by atoms with Gasteiger partial charge in [-0.1, -0.05) is 138 Å². The van der Waals surface area contributed by atoms with Crippen LogP contribution in [0, 0.1) is 0 Å². The van der Waals surface area contributed by atoms with Crippen molar-refractivity contribution in [2.45, 2.75) is 93.8 Å². The van der Waals surface area contributed by atoms with Gasteiger partial charge < -0.3 is 0 Å². The van der Waals surface area contributed by atoms with E-state index in [1.54, 1.807) is 5.57 Å². The fraction of sp³-hybridized carbons (Fsp3) is 0.484. The van der Waals surface area contributed by atoms with Crippen LogP contribution in [-0.4, -0.2) is 22.6 Å². The molecule has 0 amide bonds. The largest absolute Gasteiger partial charge is 0.0932 e. The highest BCUT2D eigenvalue weighted by molar-refractivity contribution is 7.74. The highest BCUT2D eigenvalue weighted by atomic mass is 31.1. The fourth-order valence-electron chi connectivity index (χ4n) is 6.61. The maximum atomic E-state index is 2.64. The Hall–Kier alpha value is -1.22. The lowest BCUT2D eigenvalue weighted by Gasteiger charge is -2.44. The van der Waals surface area contributed by atoms with Crippen molar-refractivity contribution in [1.82, 2.24) is 0 Å². The minimum Gasteiger partial charge on any atom is -0.0932 e. The van der Waals surface area contributed by atoms with Crippen LogP contribution in [0.3, 0.4) is 0 Å². The summed E-state index contributed by atoms with van der Waals surface area (Å²) in [5.74, 6) is 0. The fourth-order valence-corrected chi connectivity index (χ4v) is 13.9. The molecule has 0 aliphatic heterocycles. The second-order valence-corrected chi connectivity index (χ2v) is 15.7. The summed E-state index contributed by atoms with van der Waals surface area (Å²) in [5.41, 5.74) is 5.08. The minimum atomic E-state index is -0.428. The maximum Gasteiger partial charge on any atom is 0.0273 e. The molecule has 2 saturated carbocycles. The summed E-state index contributed by atoms with van der Waals surface area (Å²) in [6, 6.07) is 22.7. The number of hydrogen-bond acceptors (Lipinski definition) is 0. The molecule has 0 saturated heterocycles. The van der Waals surface area contributed by atoms with Gasteiger partial charge in [0.1, 0.15) is 0 Å². The van der Waals surface area contributed by atoms with Crippen molar-refractivity contribution in [3.05, 3.63) is 84.5 Å². The van der Waals surface area contributed by atoms with Crippen molar-refractivity contribution >= 4 is 26.5 Å². The topological polar surface area (TPSA) is 0 Å². The van der Waals surface area contributed by atoms with Gasteiger partial charge >= 0.3 is 0 Å². The normalized spacial score (nSPS) is 23.2. The van der Waals surface area contributed by atoms with Gasteiger partial charge in [0, 0.05) is 5.66 Å². The lowest BCUT2D eigenvalue weighted by Crippen LogP contribution is -2.30. The Morgan fingerprint density at radius 1 is 0.667 bits per heavy atom. The molecule has 0 spiro atoms. The second-order valence-electron chi connectivity index (χ2n) is 10.2. The van der Waals surface area contributed by atoms with Gasteiger partial charge in [-0.2, -0.15) is 0 Å². The van der Waals surface area contributed by atoms with Crippen LogP contribution >= 0.6 is 15.8 Å². The quantitative estimate of drug-likeness (QED) is 0.353. The zero-order valence-corrected chi connectivity index (χ0v) is 22.1. The summed E-state index contributed by atoms with van der Waals surface area (Å²) < 4.78 is 0. The Morgan fingerprint density at radius 2 is 1.15 bits per heavy atom. The second kappa shape index (κ2) is 11.5. The average molecular weight is 475 g/mol. The predicted molar refractivity (Wildman–Crippen MR) is 150 cm³/mol. The molecule has 0 aromatic heterocycles. The standard InChI is InChI=1S/C31H40P2/c1-25(32(26-15-6-2-7-16-26)27-17-8-3-9-18-27)30-23-14-24-31(30)33(28-19-10-4-11-20-28)29-21-12-5-13-22-29/h4-5,10-14,19-27,31H,2-3,6-9,15-18H2,1H3. The van der Waals surface area contributed by atoms with E-state index < -0.39 is 7.92 Å². The molecule has 2 aromatic rings. The SMILES string of the molecule is CC(C1=CC=CC1P(c1ccccc1)c1ccccc1)P(C1CCCCC1)C1CCCCC1. The molecule has 3 aliphatic carbocycles. The Bertz CT molecular complexity index is 862. The van der Waals surface area contributed by atoms with Gasteiger partial charge in [-0.15, -0.1) is 0 Å². The minimum absolute atomic E-state index is 0.0437. The molecule has 174 valence electrons. The molecule has 0 N–H and O–H groups in total. The first-order valence-corrected chi connectivity index (χ1v) is 16.3. The van der Waals surface area contributed by atoms with Crippen molar-refractivity contribution in [2.75, 3.05) is 0 Å². The summed E-state index contributed by atoms with van der Waals surface area (Å²) in [7, 11) is -0.384. The zero-order chi connectivity index (χ0) is 22.5. The van der Waals surface area contributed by atoms with Crippen LogP contribution in [0.2, 0.25) is 0 Å². The summed E-state index contributed by atoms with van der Waals surface area (Å²) in [6.45, 7) is 2.64. The van der Waals surface area contributed by atoms with Crippen LogP contribution in [0.15, 0.2) is 84.5 Å². The monoisotopic (exact) mass is 474 g/mol. The molecule has 0 radical (unpaired) electrons. The number of benzene rings is 2. The number of hydrogen-bond donors (Lipinski definition) is 0. The molecule has 2 unspecified atom stereocenters. The first-order chi connectivity index (χ1) is 16.3. The molecule has 0 heterocycles. The lowest BCUT2D eigenvalue weighted by molar-refractivity contribution is 0.482. The zero-order valence-electron chi connectivity index (χ0n) is 20.3. The first kappa shape index (κ1) is 23.5. The van der Waals surface area contributed by atoms with E-state index in [0.29, 0.717) is 5.66 Å². The number of rotatable bonds is 7. The molecule has 2 heteroatoms. The van der Waals surface area contributed by atoms with E-state index in [9.17, 15) is 0 Å². The van der Waals surface area contributed by atoms with Gasteiger partial charge in [-0.25, -0.2) is 0 Å². The molecular weight excluding hydrogens is 434 g/mol. The Morgan fingerprint density at radius 3 is 1.64 bits per heavy atom. The molecule has 33 heavy (non-hydrogen) atoms. The first-order valence-electron chi connectivity index (χ1n) is 13.4. The molecule has 0 nitrogen and oxygen atoms in total. The summed E-state index contributed by atoms with van der Waals surface area (Å²) in [5, 5.41) is 3.04. The van der Waals surface area contributed by atoms with E-state index >= 15 is 0 Å². The van der Waals surface area contributed by atoms with Gasteiger partial charge in [0.15, 0.2) is 0 Å². The third kappa shape index (κ3) is 5.39. The van der Waals surface area contributed by atoms with Crippen LogP contribution in [0.5, 0.6) is 0 Å². The van der Waals surface area contributed by atoms with E-state index in [1.165, 1.54) is 74.8 Å². The van der Waals surface area contributed by atoms with Crippen molar-refractivity contribution in [2.24, 2.45) is 0 Å². The van der Waals surface area contributed by atoms with Crippen LogP contribution < -0.4 is 10.6 Å². The van der Waals surface area contributed by atoms with Crippen molar-refractivity contribution in [3.63, 3.8) is 0 Å². The van der Waals surface area contributed by atoms with E-state index in [-0.39, 0.29) is 7.92 Å². The molecule has 2 fully saturated rings. The number of allylic oxidation sites excluding steroid dienone is 4. The smallest absolute Gasteiger partial charge is 0.0273 e. The van der Waals surface area contributed by atoms with Gasteiger partial charge in [0.25, 0.3) is 0 Å². The highest BCUT2D eigenvalue weighted by Gasteiger charge is 2.39. The summed E-state index contributed by atoms with van der Waals surface area (Å²) >= 11 is 0. The van der Waals surface area contributed by atoms with Crippen molar-refractivity contribution in [1.29, 1.82) is 0 Å². The molecule has 2 atom stereocenters. The summed E-state index contributed by atoms with van der Waals surface area (Å²) in [4.78, 5) is 0. The molecule has 2 aromatic carbocycles. The van der Waals surface area contributed by atoms with E-state index in [1.807, 2.05) is 0 Å². The Balaban J connectivity index is 1.47. The Labute approximate surface area is 204 Å². The lowest BCUT2D eigenvalue weighted by atomic mass is 9.99. The third-order valence-corrected chi connectivity index (χ3v) is 14.8. The van der Waals surface area contributed by atoms with Crippen LogP contribution in [0.4, 0.5) is 0 Å². The maximum absolute atomic E-state index is 2.64. The highest BCUT2D eigenvalue weighted by Crippen LogP contribution is 2.62. The van der Waals surface area contributed by atoms with Crippen molar-refractivity contribution < 1.29 is 0 Å². The molecule has 3 aliphatic rings. The van der Waals surface area contributed by atoms with E-state index in [0.717, 1.165) is 17.0 Å². The summed E-state index contributed by atoms with van der Waals surface area (Å²) in [6.07, 6.45) is 22.3. The average Bonchev–Trinajstić information content (AvgIpc) is 3.36. The molecule has 5 rings (SSSR count). The molecular formula is C31H40P2. The predicted octanol–water partition coefficient (Wildman–Crippen LogP) is 8.52. The van der Waals surface area contributed by atoms with Gasteiger partial charge in [-0.05, 0) is 61.2 Å². The van der Waals surface area contributed by atoms with E-state index in [4.69, 9.17) is 0 Å². The third-order valence-electron chi connectivity index (χ3n) is 8.19. The van der Waals surface area contributed by atoms with Crippen LogP contribution in [0.1, 0.15) is 71.1 Å². The Kier molecular flexibility index (Phi) is 8.18.